The van der Waals surface area contributed by atoms with Gasteiger partial charge in [0, 0.05) is 25.8 Å². The van der Waals surface area contributed by atoms with E-state index in [9.17, 15) is 4.79 Å². The average Bonchev–Trinajstić information content (AvgIpc) is 3.27. The van der Waals surface area contributed by atoms with E-state index in [1.54, 1.807) is 0 Å². The fourth-order valence-corrected chi connectivity index (χ4v) is 2.22. The van der Waals surface area contributed by atoms with E-state index in [1.165, 1.54) is 18.4 Å². The third kappa shape index (κ3) is 5.61. The molecule has 1 heterocycles. The molecule has 5 nitrogen and oxygen atoms in total. The number of nitrogens with one attached hydrogen (secondary N) is 2. The van der Waals surface area contributed by atoms with Crippen LogP contribution in [0.3, 0.4) is 0 Å². The Morgan fingerprint density at radius 1 is 1.37 bits per heavy atom. The second-order valence-corrected chi connectivity index (χ2v) is 5.37. The molecule has 2 N–H and O–H groups in total. The summed E-state index contributed by atoms with van der Waals surface area (Å²) in [7, 11) is 0. The first-order chi connectivity index (χ1) is 9.25. The predicted molar refractivity (Wildman–Crippen MR) is 74.9 cm³/mol. The van der Waals surface area contributed by atoms with Gasteiger partial charge >= 0.3 is 6.03 Å². The molecule has 0 aromatic heterocycles. The summed E-state index contributed by atoms with van der Waals surface area (Å²) in [6.07, 6.45) is 5.37. The van der Waals surface area contributed by atoms with Crippen LogP contribution in [-0.4, -0.2) is 50.3 Å². The lowest BCUT2D eigenvalue weighted by molar-refractivity contribution is 0.0375. The summed E-state index contributed by atoms with van der Waals surface area (Å²) < 4.78 is 5.30. The van der Waals surface area contributed by atoms with Gasteiger partial charge in [0.05, 0.1) is 13.2 Å². The Bertz CT molecular complexity index is 321. The highest BCUT2D eigenvalue weighted by Gasteiger charge is 2.22. The number of carbonyl (C=O) groups excluding carboxylic acids is 1. The maximum Gasteiger partial charge on any atom is 0.318 e. The van der Waals surface area contributed by atoms with Gasteiger partial charge in [0.15, 0.2) is 0 Å². The van der Waals surface area contributed by atoms with Gasteiger partial charge in [-0.05, 0) is 38.6 Å². The number of hydrogen-bond donors (Lipinski definition) is 2. The van der Waals surface area contributed by atoms with Crippen LogP contribution < -0.4 is 10.6 Å². The third-order valence-corrected chi connectivity index (χ3v) is 3.69. The minimum atomic E-state index is -0.0954. The molecule has 0 atom stereocenters. The Labute approximate surface area is 115 Å². The molecular formula is C14H25N3O2. The zero-order valence-electron chi connectivity index (χ0n) is 11.8. The van der Waals surface area contributed by atoms with Crippen molar-refractivity contribution in [2.24, 2.45) is 5.92 Å². The highest BCUT2D eigenvalue weighted by atomic mass is 16.5. The van der Waals surface area contributed by atoms with Crippen LogP contribution in [0.5, 0.6) is 0 Å². The normalized spacial score (nSPS) is 21.2. The Kier molecular flexibility index (Phi) is 5.66. The standard InChI is InChI=1S/C14H25N3O2/c1-12(13-3-4-13)11-16-14(18)15-5-2-6-17-7-9-19-10-8-17/h11,13H,2-10H2,1H3,(H2,15,16,18)/b12-11+. The highest BCUT2D eigenvalue weighted by molar-refractivity contribution is 5.74. The topological polar surface area (TPSA) is 53.6 Å². The number of allylic oxidation sites excluding steroid dienone is 1. The Morgan fingerprint density at radius 2 is 2.11 bits per heavy atom. The van der Waals surface area contributed by atoms with Gasteiger partial charge in [0.2, 0.25) is 0 Å². The average molecular weight is 267 g/mol. The molecule has 0 unspecified atom stereocenters. The zero-order chi connectivity index (χ0) is 13.5. The molecule has 1 aliphatic heterocycles. The molecule has 5 heteroatoms. The number of nitrogens with zero attached hydrogens (tertiary/aromatic N) is 1. The van der Waals surface area contributed by atoms with Crippen LogP contribution in [0.2, 0.25) is 0 Å². The summed E-state index contributed by atoms with van der Waals surface area (Å²) in [5, 5.41) is 5.68. The number of rotatable bonds is 6. The Hall–Kier alpha value is -1.07. The van der Waals surface area contributed by atoms with Crippen molar-refractivity contribution in [2.45, 2.75) is 26.2 Å². The fourth-order valence-electron chi connectivity index (χ4n) is 2.22. The molecule has 1 saturated carbocycles. The summed E-state index contributed by atoms with van der Waals surface area (Å²) in [5.41, 5.74) is 1.28. The van der Waals surface area contributed by atoms with Crippen LogP contribution in [0, 0.1) is 5.92 Å². The van der Waals surface area contributed by atoms with Crippen LogP contribution >= 0.6 is 0 Å². The molecule has 108 valence electrons. The molecule has 0 aromatic carbocycles. The quantitative estimate of drug-likeness (QED) is 0.714. The summed E-state index contributed by atoms with van der Waals surface area (Å²) in [6.45, 7) is 7.51. The number of hydrogen-bond acceptors (Lipinski definition) is 3. The molecule has 19 heavy (non-hydrogen) atoms. The minimum absolute atomic E-state index is 0.0954. The van der Waals surface area contributed by atoms with E-state index in [0.717, 1.165) is 45.8 Å². The third-order valence-electron chi connectivity index (χ3n) is 3.69. The van der Waals surface area contributed by atoms with Crippen molar-refractivity contribution in [1.82, 2.24) is 15.5 Å². The van der Waals surface area contributed by atoms with Crippen LogP contribution in [0.25, 0.3) is 0 Å². The smallest absolute Gasteiger partial charge is 0.318 e. The van der Waals surface area contributed by atoms with Gasteiger partial charge in [-0.2, -0.15) is 0 Å². The molecular weight excluding hydrogens is 242 g/mol. The van der Waals surface area contributed by atoms with Gasteiger partial charge in [-0.1, -0.05) is 5.57 Å². The van der Waals surface area contributed by atoms with E-state index in [2.05, 4.69) is 22.5 Å². The van der Waals surface area contributed by atoms with Gasteiger partial charge in [-0.15, -0.1) is 0 Å². The summed E-state index contributed by atoms with van der Waals surface area (Å²) in [4.78, 5) is 13.9. The van der Waals surface area contributed by atoms with E-state index in [0.29, 0.717) is 5.92 Å². The monoisotopic (exact) mass is 267 g/mol. The van der Waals surface area contributed by atoms with Crippen LogP contribution in [0.15, 0.2) is 11.8 Å². The lowest BCUT2D eigenvalue weighted by Crippen LogP contribution is -2.39. The Balaban J connectivity index is 1.50. The Morgan fingerprint density at radius 3 is 2.79 bits per heavy atom. The van der Waals surface area contributed by atoms with Crippen molar-refractivity contribution in [3.05, 3.63) is 11.8 Å². The number of amides is 2. The summed E-state index contributed by atoms with van der Waals surface area (Å²) in [5.74, 6) is 0.710. The van der Waals surface area contributed by atoms with Crippen molar-refractivity contribution in [3.63, 3.8) is 0 Å². The fraction of sp³-hybridized carbons (Fsp3) is 0.786. The molecule has 2 aliphatic rings. The van der Waals surface area contributed by atoms with Gasteiger partial charge in [0.1, 0.15) is 0 Å². The van der Waals surface area contributed by atoms with Gasteiger partial charge in [-0.25, -0.2) is 4.79 Å². The minimum Gasteiger partial charge on any atom is -0.379 e. The van der Waals surface area contributed by atoms with E-state index < -0.39 is 0 Å². The molecule has 0 aromatic rings. The maximum absolute atomic E-state index is 11.5. The second kappa shape index (κ2) is 7.50. The van der Waals surface area contributed by atoms with Crippen LogP contribution in [0.1, 0.15) is 26.2 Å². The first kappa shape index (κ1) is 14.3. The predicted octanol–water partition coefficient (Wildman–Crippen LogP) is 1.32. The van der Waals surface area contributed by atoms with Gasteiger partial charge in [0.25, 0.3) is 0 Å². The largest absolute Gasteiger partial charge is 0.379 e. The SMILES string of the molecule is C/C(=C\NC(=O)NCCCN1CCOCC1)C1CC1. The summed E-state index contributed by atoms with van der Waals surface area (Å²) >= 11 is 0. The molecule has 0 bridgehead atoms. The van der Waals surface area contributed by atoms with E-state index in [-0.39, 0.29) is 6.03 Å². The van der Waals surface area contributed by atoms with Gasteiger partial charge < -0.3 is 15.4 Å². The lowest BCUT2D eigenvalue weighted by atomic mass is 10.2. The second-order valence-electron chi connectivity index (χ2n) is 5.37. The van der Waals surface area contributed by atoms with Crippen molar-refractivity contribution in [2.75, 3.05) is 39.4 Å². The van der Waals surface area contributed by atoms with Crippen LogP contribution in [-0.2, 0) is 4.74 Å². The van der Waals surface area contributed by atoms with E-state index in [4.69, 9.17) is 4.74 Å². The first-order valence-corrected chi connectivity index (χ1v) is 7.27. The number of ether oxygens (including phenoxy) is 1. The zero-order valence-corrected chi connectivity index (χ0v) is 11.8. The molecule has 0 radical (unpaired) electrons. The number of morpholine rings is 1. The molecule has 1 saturated heterocycles. The van der Waals surface area contributed by atoms with E-state index in [1.807, 2.05) is 6.20 Å². The van der Waals surface area contributed by atoms with Gasteiger partial charge in [-0.3, -0.25) is 4.90 Å². The number of carbonyl (C=O) groups is 1. The molecule has 2 amide bonds. The highest BCUT2D eigenvalue weighted by Crippen LogP contribution is 2.35. The molecule has 1 aliphatic carbocycles. The molecule has 2 rings (SSSR count). The van der Waals surface area contributed by atoms with Crippen molar-refractivity contribution in [1.29, 1.82) is 0 Å². The lowest BCUT2D eigenvalue weighted by Gasteiger charge is -2.26. The van der Waals surface area contributed by atoms with Crippen molar-refractivity contribution in [3.8, 4) is 0 Å². The molecule has 0 spiro atoms. The van der Waals surface area contributed by atoms with Crippen molar-refractivity contribution < 1.29 is 9.53 Å². The first-order valence-electron chi connectivity index (χ1n) is 7.27. The van der Waals surface area contributed by atoms with E-state index >= 15 is 0 Å². The van der Waals surface area contributed by atoms with Crippen LogP contribution in [0.4, 0.5) is 4.79 Å². The maximum atomic E-state index is 11.5. The van der Waals surface area contributed by atoms with Crippen molar-refractivity contribution >= 4 is 6.03 Å². The number of urea groups is 1. The molecule has 2 fully saturated rings. The summed E-state index contributed by atoms with van der Waals surface area (Å²) in [6, 6.07) is -0.0954.